The normalized spacial score (nSPS) is 14.0. The summed E-state index contributed by atoms with van der Waals surface area (Å²) in [5.74, 6) is 0. The van der Waals surface area contributed by atoms with Crippen LogP contribution in [0.4, 0.5) is 17.1 Å². The summed E-state index contributed by atoms with van der Waals surface area (Å²) < 4.78 is 0. The molecule has 0 saturated carbocycles. The second-order valence-corrected chi connectivity index (χ2v) is 16.8. The molecule has 9 aromatic carbocycles. The smallest absolute Gasteiger partial charge is 0.0726 e. The molecule has 0 aliphatic heterocycles. The first kappa shape index (κ1) is 35.9. The summed E-state index contributed by atoms with van der Waals surface area (Å²) in [4.78, 5) is 2.52. The maximum Gasteiger partial charge on any atom is 0.0726 e. The summed E-state index contributed by atoms with van der Waals surface area (Å²) in [5, 5.41) is 0. The van der Waals surface area contributed by atoms with Gasteiger partial charge < -0.3 is 4.90 Å². The molecule has 1 spiro atoms. The highest BCUT2D eigenvalue weighted by Crippen LogP contribution is 2.63. The Kier molecular flexibility index (Phi) is 8.03. The summed E-state index contributed by atoms with van der Waals surface area (Å²) in [6.07, 6.45) is 0. The number of nitrogens with zero attached hydrogens (tertiary/aromatic N) is 1. The van der Waals surface area contributed by atoms with Crippen molar-refractivity contribution in [3.63, 3.8) is 0 Å². The fourth-order valence-electron chi connectivity index (χ4n) is 11.0. The van der Waals surface area contributed by atoms with E-state index in [4.69, 9.17) is 0 Å². The second-order valence-electron chi connectivity index (χ2n) is 16.8. The van der Waals surface area contributed by atoms with E-state index in [1.807, 2.05) is 0 Å². The highest BCUT2D eigenvalue weighted by molar-refractivity contribution is 6.02. The topological polar surface area (TPSA) is 3.24 Å². The third-order valence-electron chi connectivity index (χ3n) is 13.5. The summed E-state index contributed by atoms with van der Waals surface area (Å²) in [6, 6.07) is 79.4. The van der Waals surface area contributed by atoms with Crippen LogP contribution in [0.25, 0.3) is 55.6 Å². The number of rotatable bonds is 4. The van der Waals surface area contributed by atoms with Gasteiger partial charge in [0.25, 0.3) is 0 Å². The Morgan fingerprint density at radius 3 is 1.38 bits per heavy atom. The summed E-state index contributed by atoms with van der Waals surface area (Å²) in [7, 11) is 0. The van der Waals surface area contributed by atoms with Gasteiger partial charge in [0.2, 0.25) is 0 Å². The molecule has 288 valence electrons. The minimum atomic E-state index is -0.557. The Bertz CT molecular complexity index is 3070. The van der Waals surface area contributed by atoms with Crippen molar-refractivity contribution in [3.8, 4) is 55.6 Å². The summed E-state index contributed by atoms with van der Waals surface area (Å²) in [6.45, 7) is 4.75. The zero-order valence-electron chi connectivity index (χ0n) is 33.2. The molecule has 1 heteroatoms. The molecule has 1 nitrogen and oxygen atoms in total. The van der Waals surface area contributed by atoms with E-state index in [-0.39, 0.29) is 14.3 Å². The lowest BCUT2D eigenvalue weighted by atomic mass is 9.66. The van der Waals surface area contributed by atoms with Gasteiger partial charge in [-0.15, -0.1) is 0 Å². The van der Waals surface area contributed by atoms with Crippen LogP contribution in [0, 0.1) is 0 Å². The highest BCUT2D eigenvalue weighted by Gasteiger charge is 2.50. The van der Waals surface area contributed by atoms with Crippen LogP contribution < -0.4 is 4.90 Å². The molecular weight excluding hydrogens is 723 g/mol. The van der Waals surface area contributed by atoms with Crippen molar-refractivity contribution in [2.24, 2.45) is 0 Å². The van der Waals surface area contributed by atoms with Crippen LogP contribution in [-0.2, 0) is 10.8 Å². The van der Waals surface area contributed by atoms with Crippen molar-refractivity contribution >= 4 is 17.1 Å². The Balaban J connectivity index is 0.00000223. The van der Waals surface area contributed by atoms with Gasteiger partial charge >= 0.3 is 0 Å². The van der Waals surface area contributed by atoms with E-state index >= 15 is 0 Å². The lowest BCUT2D eigenvalue weighted by Crippen LogP contribution is -2.29. The van der Waals surface area contributed by atoms with Gasteiger partial charge in [-0.25, -0.2) is 0 Å². The van der Waals surface area contributed by atoms with E-state index < -0.39 is 5.41 Å². The van der Waals surface area contributed by atoms with E-state index in [9.17, 15) is 0 Å². The lowest BCUT2D eigenvalue weighted by Gasteiger charge is -2.36. The molecule has 0 fully saturated rings. The highest BCUT2D eigenvalue weighted by atomic mass is 15.1. The molecule has 0 bridgehead atoms. The molecule has 3 aliphatic carbocycles. The molecule has 12 rings (SSSR count). The van der Waals surface area contributed by atoms with E-state index in [2.05, 4.69) is 231 Å². The van der Waals surface area contributed by atoms with Gasteiger partial charge in [-0.3, -0.25) is 0 Å². The second kappa shape index (κ2) is 13.4. The fraction of sp³-hybridized carbons (Fsp3) is 0.0847. The zero-order valence-corrected chi connectivity index (χ0v) is 33.2. The van der Waals surface area contributed by atoms with Crippen molar-refractivity contribution in [1.29, 1.82) is 0 Å². The Hall–Kier alpha value is -7.22. The predicted molar refractivity (Wildman–Crippen MR) is 255 cm³/mol. The monoisotopic (exact) mass is 769 g/mol. The minimum Gasteiger partial charge on any atom is -0.310 e. The first-order valence-electron chi connectivity index (χ1n) is 20.8. The average Bonchev–Trinajstić information content (AvgIpc) is 3.68. The first-order chi connectivity index (χ1) is 29.0. The Labute approximate surface area is 355 Å². The molecule has 0 unspecified atom stereocenters. The van der Waals surface area contributed by atoms with Gasteiger partial charge in [-0.05, 0) is 114 Å². The number of anilines is 3. The van der Waals surface area contributed by atoms with Gasteiger partial charge in [0, 0.05) is 23.8 Å². The van der Waals surface area contributed by atoms with Gasteiger partial charge in [-0.2, -0.15) is 0 Å². The Morgan fingerprint density at radius 2 is 0.767 bits per heavy atom. The van der Waals surface area contributed by atoms with E-state index in [0.717, 1.165) is 11.4 Å². The number of fused-ring (bicyclic) bond motifs is 15. The molecule has 9 aromatic rings. The quantitative estimate of drug-likeness (QED) is 0.172. The molecule has 0 saturated heterocycles. The van der Waals surface area contributed by atoms with Gasteiger partial charge in [-0.1, -0.05) is 203 Å². The van der Waals surface area contributed by atoms with Crippen molar-refractivity contribution in [3.05, 3.63) is 246 Å². The van der Waals surface area contributed by atoms with Crippen LogP contribution in [-0.4, -0.2) is 0 Å². The molecular formula is C59H47N. The molecule has 0 atom stereocenters. The Morgan fingerprint density at radius 1 is 0.333 bits per heavy atom. The third kappa shape index (κ3) is 4.87. The zero-order chi connectivity index (χ0) is 39.3. The molecule has 0 aromatic heterocycles. The predicted octanol–water partition coefficient (Wildman–Crippen LogP) is 16.0. The lowest BCUT2D eigenvalue weighted by molar-refractivity contribution is 0.660. The summed E-state index contributed by atoms with van der Waals surface area (Å²) in [5.41, 5.74) is 23.5. The maximum absolute atomic E-state index is 2.52. The van der Waals surface area contributed by atoms with Gasteiger partial charge in [0.1, 0.15) is 0 Å². The molecule has 3 aliphatic rings. The molecule has 60 heavy (non-hydrogen) atoms. The molecule has 0 radical (unpaired) electrons. The van der Waals surface area contributed by atoms with Crippen molar-refractivity contribution in [2.45, 2.75) is 32.1 Å². The van der Waals surface area contributed by atoms with E-state index in [0.29, 0.717) is 0 Å². The SMILES string of the molecule is C.CC1(C)c2ccccc2-c2ccc(N(c3ccc(-c4ccccc4)cc3)c3cccc4c3-c3ccccc3C43c4ccccc4-c4ccccc4-c4ccccc43)cc21.[HH]. The minimum absolute atomic E-state index is 0. The number of benzene rings is 9. The van der Waals surface area contributed by atoms with Crippen LogP contribution in [0.1, 0.15) is 56.1 Å². The fourth-order valence-corrected chi connectivity index (χ4v) is 11.0. The molecule has 0 N–H and O–H groups in total. The average molecular weight is 770 g/mol. The van der Waals surface area contributed by atoms with Crippen molar-refractivity contribution < 1.29 is 1.43 Å². The first-order valence-corrected chi connectivity index (χ1v) is 20.8. The van der Waals surface area contributed by atoms with Crippen LogP contribution in [0.5, 0.6) is 0 Å². The number of hydrogen-bond donors (Lipinski definition) is 0. The van der Waals surface area contributed by atoms with Crippen molar-refractivity contribution in [2.75, 3.05) is 4.90 Å². The van der Waals surface area contributed by atoms with Crippen LogP contribution >= 0.6 is 0 Å². The van der Waals surface area contributed by atoms with Gasteiger partial charge in [0.15, 0.2) is 0 Å². The third-order valence-corrected chi connectivity index (χ3v) is 13.5. The molecule has 0 amide bonds. The summed E-state index contributed by atoms with van der Waals surface area (Å²) >= 11 is 0. The van der Waals surface area contributed by atoms with Crippen molar-refractivity contribution in [1.82, 2.24) is 0 Å². The number of hydrogen-bond acceptors (Lipinski definition) is 1. The van der Waals surface area contributed by atoms with E-state index in [1.54, 1.807) is 0 Å². The van der Waals surface area contributed by atoms with Crippen LogP contribution in [0.15, 0.2) is 212 Å². The van der Waals surface area contributed by atoms with Gasteiger partial charge in [0.05, 0.1) is 11.1 Å². The largest absolute Gasteiger partial charge is 0.310 e. The maximum atomic E-state index is 2.52. The van der Waals surface area contributed by atoms with Crippen LogP contribution in [0.2, 0.25) is 0 Å². The van der Waals surface area contributed by atoms with Crippen LogP contribution in [0.3, 0.4) is 0 Å². The molecule has 0 heterocycles. The standard InChI is InChI=1S/C58H41N.CH4.H2/c1-57(2)49-25-12-8-23-46(49)47-36-35-41(37-54(47)57)59(40-33-31-39(32-34-40)38-17-4-3-5-18-38)55-30-16-29-53-56(55)48-24-11-15-28-52(48)58(53)50-26-13-9-21-44(50)42-19-6-7-20-43(42)45-22-10-14-27-51(45)58;;/h3-37H,1-2H3;1H4;1H. The van der Waals surface area contributed by atoms with E-state index in [1.165, 1.54) is 94.7 Å².